The van der Waals surface area contributed by atoms with Crippen molar-refractivity contribution in [3.05, 3.63) is 29.8 Å². The molecule has 0 bridgehead atoms. The van der Waals surface area contributed by atoms with E-state index in [2.05, 4.69) is 4.90 Å². The molecule has 1 aliphatic heterocycles. The van der Waals surface area contributed by atoms with Crippen molar-refractivity contribution in [3.63, 3.8) is 0 Å². The molecule has 0 amide bonds. The Hall–Kier alpha value is -1.55. The Morgan fingerprint density at radius 2 is 2.00 bits per heavy atom. The number of para-hydroxylation sites is 1. The summed E-state index contributed by atoms with van der Waals surface area (Å²) in [6, 6.07) is 7.39. The van der Waals surface area contributed by atoms with Crippen molar-refractivity contribution in [1.29, 1.82) is 0 Å². The van der Waals surface area contributed by atoms with Crippen LogP contribution < -0.4 is 5.73 Å². The van der Waals surface area contributed by atoms with Gasteiger partial charge in [-0.15, -0.1) is 0 Å². The quantitative estimate of drug-likeness (QED) is 0.633. The molecule has 98 valence electrons. The SMILES string of the molecule is Nc1ccccc1CC(=O)OCCN1CCCC1. The highest BCUT2D eigenvalue weighted by molar-refractivity contribution is 5.74. The summed E-state index contributed by atoms with van der Waals surface area (Å²) < 4.78 is 5.23. The van der Waals surface area contributed by atoms with Crippen LogP contribution in [0.3, 0.4) is 0 Å². The van der Waals surface area contributed by atoms with Crippen LogP contribution in [0.5, 0.6) is 0 Å². The minimum Gasteiger partial charge on any atom is -0.464 e. The summed E-state index contributed by atoms with van der Waals surface area (Å²) in [7, 11) is 0. The predicted molar refractivity (Wildman–Crippen MR) is 71.2 cm³/mol. The zero-order chi connectivity index (χ0) is 12.8. The van der Waals surface area contributed by atoms with Gasteiger partial charge in [0.1, 0.15) is 6.61 Å². The maximum absolute atomic E-state index is 11.6. The Bertz CT molecular complexity index is 401. The number of hydrogen-bond donors (Lipinski definition) is 1. The second kappa shape index (κ2) is 6.40. The molecule has 1 aromatic rings. The molecule has 0 unspecified atom stereocenters. The van der Waals surface area contributed by atoms with E-state index in [0.717, 1.165) is 25.2 Å². The van der Waals surface area contributed by atoms with E-state index in [4.69, 9.17) is 10.5 Å². The van der Waals surface area contributed by atoms with Crippen LogP contribution >= 0.6 is 0 Å². The number of benzene rings is 1. The van der Waals surface area contributed by atoms with E-state index in [9.17, 15) is 4.79 Å². The first-order chi connectivity index (χ1) is 8.75. The minimum atomic E-state index is -0.202. The fourth-order valence-corrected chi connectivity index (χ4v) is 2.20. The second-order valence-corrected chi connectivity index (χ2v) is 4.64. The number of nitrogen functional groups attached to an aromatic ring is 1. The first-order valence-electron chi connectivity index (χ1n) is 6.47. The topological polar surface area (TPSA) is 55.6 Å². The van der Waals surface area contributed by atoms with Gasteiger partial charge in [0.05, 0.1) is 6.42 Å². The van der Waals surface area contributed by atoms with E-state index in [1.807, 2.05) is 18.2 Å². The van der Waals surface area contributed by atoms with Gasteiger partial charge >= 0.3 is 5.97 Å². The molecule has 4 nitrogen and oxygen atoms in total. The summed E-state index contributed by atoms with van der Waals surface area (Å²) >= 11 is 0. The molecule has 0 saturated carbocycles. The third kappa shape index (κ3) is 3.74. The summed E-state index contributed by atoms with van der Waals surface area (Å²) in [6.07, 6.45) is 2.77. The van der Waals surface area contributed by atoms with Crippen molar-refractivity contribution in [3.8, 4) is 0 Å². The molecule has 0 aliphatic carbocycles. The summed E-state index contributed by atoms with van der Waals surface area (Å²) in [5.74, 6) is -0.202. The largest absolute Gasteiger partial charge is 0.464 e. The Labute approximate surface area is 108 Å². The summed E-state index contributed by atoms with van der Waals surface area (Å²) in [5.41, 5.74) is 7.26. The van der Waals surface area contributed by atoms with Gasteiger partial charge in [-0.2, -0.15) is 0 Å². The third-order valence-corrected chi connectivity index (χ3v) is 3.26. The van der Waals surface area contributed by atoms with Crippen LogP contribution in [0, 0.1) is 0 Å². The molecule has 4 heteroatoms. The van der Waals surface area contributed by atoms with Gasteiger partial charge in [0.15, 0.2) is 0 Å². The third-order valence-electron chi connectivity index (χ3n) is 3.26. The van der Waals surface area contributed by atoms with Gasteiger partial charge in [-0.25, -0.2) is 0 Å². The first kappa shape index (κ1) is 12.9. The molecule has 1 aliphatic rings. The van der Waals surface area contributed by atoms with Crippen molar-refractivity contribution in [2.45, 2.75) is 19.3 Å². The number of nitrogens with zero attached hydrogens (tertiary/aromatic N) is 1. The lowest BCUT2D eigenvalue weighted by Gasteiger charge is -2.14. The summed E-state index contributed by atoms with van der Waals surface area (Å²) in [6.45, 7) is 3.58. The molecule has 0 atom stereocenters. The monoisotopic (exact) mass is 248 g/mol. The zero-order valence-electron chi connectivity index (χ0n) is 10.6. The highest BCUT2D eigenvalue weighted by atomic mass is 16.5. The van der Waals surface area contributed by atoms with E-state index in [0.29, 0.717) is 12.3 Å². The van der Waals surface area contributed by atoms with Gasteiger partial charge in [-0.3, -0.25) is 9.69 Å². The standard InChI is InChI=1S/C14H20N2O2/c15-13-6-2-1-5-12(13)11-14(17)18-10-9-16-7-3-4-8-16/h1-2,5-6H,3-4,7-11,15H2. The number of carbonyl (C=O) groups is 1. The highest BCUT2D eigenvalue weighted by Gasteiger charge is 2.12. The molecule has 2 rings (SSSR count). The lowest BCUT2D eigenvalue weighted by molar-refractivity contribution is -0.143. The first-order valence-corrected chi connectivity index (χ1v) is 6.47. The lowest BCUT2D eigenvalue weighted by atomic mass is 10.1. The van der Waals surface area contributed by atoms with Crippen LogP contribution in [0.2, 0.25) is 0 Å². The smallest absolute Gasteiger partial charge is 0.310 e. The van der Waals surface area contributed by atoms with Crippen molar-refractivity contribution in [1.82, 2.24) is 4.90 Å². The Kier molecular flexibility index (Phi) is 4.59. The Morgan fingerprint density at radius 1 is 1.28 bits per heavy atom. The number of carbonyl (C=O) groups excluding carboxylic acids is 1. The van der Waals surface area contributed by atoms with Crippen molar-refractivity contribution < 1.29 is 9.53 Å². The minimum absolute atomic E-state index is 0.202. The average molecular weight is 248 g/mol. The van der Waals surface area contributed by atoms with Crippen LogP contribution in [0.4, 0.5) is 5.69 Å². The molecular formula is C14H20N2O2. The number of esters is 1. The van der Waals surface area contributed by atoms with Crippen LogP contribution in [-0.2, 0) is 16.0 Å². The maximum Gasteiger partial charge on any atom is 0.310 e. The molecule has 0 aromatic heterocycles. The normalized spacial score (nSPS) is 15.8. The maximum atomic E-state index is 11.6. The van der Waals surface area contributed by atoms with Crippen LogP contribution in [0.1, 0.15) is 18.4 Å². The number of anilines is 1. The van der Waals surface area contributed by atoms with E-state index < -0.39 is 0 Å². The van der Waals surface area contributed by atoms with Crippen molar-refractivity contribution in [2.75, 3.05) is 32.0 Å². The Balaban J connectivity index is 1.70. The second-order valence-electron chi connectivity index (χ2n) is 4.64. The number of hydrogen-bond acceptors (Lipinski definition) is 4. The van der Waals surface area contributed by atoms with E-state index in [1.54, 1.807) is 6.07 Å². The van der Waals surface area contributed by atoms with Crippen molar-refractivity contribution in [2.24, 2.45) is 0 Å². The molecular weight excluding hydrogens is 228 g/mol. The van der Waals surface area contributed by atoms with Crippen LogP contribution in [0.15, 0.2) is 24.3 Å². The molecule has 2 N–H and O–H groups in total. The average Bonchev–Trinajstić information content (AvgIpc) is 2.85. The Morgan fingerprint density at radius 3 is 2.72 bits per heavy atom. The zero-order valence-corrected chi connectivity index (χ0v) is 10.6. The van der Waals surface area contributed by atoms with E-state index in [-0.39, 0.29) is 12.4 Å². The highest BCUT2D eigenvalue weighted by Crippen LogP contribution is 2.11. The molecule has 1 fully saturated rings. The fraction of sp³-hybridized carbons (Fsp3) is 0.500. The molecule has 1 heterocycles. The van der Waals surface area contributed by atoms with E-state index >= 15 is 0 Å². The van der Waals surface area contributed by atoms with Crippen molar-refractivity contribution >= 4 is 11.7 Å². The van der Waals surface area contributed by atoms with Gasteiger partial charge < -0.3 is 10.5 Å². The molecule has 0 spiro atoms. The molecule has 1 saturated heterocycles. The van der Waals surface area contributed by atoms with Gasteiger partial charge in [0, 0.05) is 12.2 Å². The van der Waals surface area contributed by atoms with Gasteiger partial charge in [0.25, 0.3) is 0 Å². The van der Waals surface area contributed by atoms with Crippen LogP contribution in [0.25, 0.3) is 0 Å². The summed E-state index contributed by atoms with van der Waals surface area (Å²) in [4.78, 5) is 14.0. The number of likely N-dealkylation sites (tertiary alicyclic amines) is 1. The van der Waals surface area contributed by atoms with E-state index in [1.165, 1.54) is 12.8 Å². The lowest BCUT2D eigenvalue weighted by Crippen LogP contribution is -2.25. The fourth-order valence-electron chi connectivity index (χ4n) is 2.20. The predicted octanol–water partition coefficient (Wildman–Crippen LogP) is 1.45. The van der Waals surface area contributed by atoms with Gasteiger partial charge in [-0.05, 0) is 37.6 Å². The van der Waals surface area contributed by atoms with Crippen LogP contribution in [-0.4, -0.2) is 37.1 Å². The number of ether oxygens (including phenoxy) is 1. The molecule has 1 aromatic carbocycles. The summed E-state index contributed by atoms with van der Waals surface area (Å²) in [5, 5.41) is 0. The number of rotatable bonds is 5. The molecule has 18 heavy (non-hydrogen) atoms. The number of nitrogens with two attached hydrogens (primary N) is 1. The van der Waals surface area contributed by atoms with Gasteiger partial charge in [-0.1, -0.05) is 18.2 Å². The molecule has 0 radical (unpaired) electrons. The van der Waals surface area contributed by atoms with Gasteiger partial charge in [0.2, 0.25) is 0 Å².